The van der Waals surface area contributed by atoms with Crippen LogP contribution in [0.2, 0.25) is 0 Å². The van der Waals surface area contributed by atoms with Crippen LogP contribution in [0.3, 0.4) is 0 Å². The van der Waals surface area contributed by atoms with Crippen LogP contribution in [0, 0.1) is 28.6 Å². The van der Waals surface area contributed by atoms with Gasteiger partial charge < -0.3 is 9.30 Å². The summed E-state index contributed by atoms with van der Waals surface area (Å²) in [5.74, 6) is 2.08. The first kappa shape index (κ1) is 24.5. The molecule has 1 aromatic heterocycles. The number of unbranched alkanes of at least 4 members (excludes halogenated alkanes) is 2. The maximum Gasteiger partial charge on any atom is 0.306 e. The largest absolute Gasteiger partial charge is 0.462 e. The van der Waals surface area contributed by atoms with E-state index in [0.717, 1.165) is 63.4 Å². The summed E-state index contributed by atoms with van der Waals surface area (Å²) >= 11 is 0. The molecule has 35 heavy (non-hydrogen) atoms. The van der Waals surface area contributed by atoms with Gasteiger partial charge in [-0.2, -0.15) is 0 Å². The minimum atomic E-state index is -0.0142. The maximum absolute atomic E-state index is 13.3. The molecule has 190 valence electrons. The Kier molecular flexibility index (Phi) is 6.80. The average Bonchev–Trinajstić information content (AvgIpc) is 3.46. The molecular formula is C30H42N2O3. The number of hydrogen-bond acceptors (Lipinski definition) is 4. The Labute approximate surface area is 210 Å². The molecule has 0 aliphatic heterocycles. The van der Waals surface area contributed by atoms with E-state index in [4.69, 9.17) is 4.74 Å². The predicted molar refractivity (Wildman–Crippen MR) is 136 cm³/mol. The number of fused-ring (bicyclic) bond motifs is 5. The van der Waals surface area contributed by atoms with Gasteiger partial charge in [0.1, 0.15) is 6.10 Å². The van der Waals surface area contributed by atoms with Crippen LogP contribution in [0.4, 0.5) is 0 Å². The summed E-state index contributed by atoms with van der Waals surface area (Å²) in [6.45, 7) is 7.38. The molecule has 5 rings (SSSR count). The van der Waals surface area contributed by atoms with E-state index in [1.165, 1.54) is 12.0 Å². The van der Waals surface area contributed by atoms with Crippen molar-refractivity contribution in [2.75, 3.05) is 0 Å². The molecule has 0 bridgehead atoms. The number of ether oxygens (including phenoxy) is 1. The molecule has 0 aromatic carbocycles. The van der Waals surface area contributed by atoms with Gasteiger partial charge in [0, 0.05) is 25.2 Å². The van der Waals surface area contributed by atoms with Crippen molar-refractivity contribution in [1.82, 2.24) is 9.55 Å². The number of aromatic nitrogens is 2. The highest BCUT2D eigenvalue weighted by molar-refractivity contribution is 5.97. The summed E-state index contributed by atoms with van der Waals surface area (Å²) in [7, 11) is 0. The topological polar surface area (TPSA) is 61.2 Å². The van der Waals surface area contributed by atoms with Crippen LogP contribution in [-0.4, -0.2) is 27.4 Å². The van der Waals surface area contributed by atoms with Gasteiger partial charge in [0.15, 0.2) is 5.78 Å². The molecule has 5 nitrogen and oxygen atoms in total. The van der Waals surface area contributed by atoms with Crippen molar-refractivity contribution < 1.29 is 14.3 Å². The third kappa shape index (κ3) is 4.44. The molecule has 0 radical (unpaired) electrons. The molecule has 0 amide bonds. The lowest BCUT2D eigenvalue weighted by atomic mass is 9.47. The second-order valence-corrected chi connectivity index (χ2v) is 12.0. The van der Waals surface area contributed by atoms with Crippen molar-refractivity contribution >= 4 is 11.8 Å². The van der Waals surface area contributed by atoms with Crippen LogP contribution >= 0.6 is 0 Å². The quantitative estimate of drug-likeness (QED) is 0.245. The van der Waals surface area contributed by atoms with Crippen LogP contribution in [0.15, 0.2) is 42.0 Å². The Hall–Kier alpha value is -2.17. The molecule has 2 fully saturated rings. The molecule has 4 aliphatic carbocycles. The fourth-order valence-electron chi connectivity index (χ4n) is 8.12. The van der Waals surface area contributed by atoms with Gasteiger partial charge in [0.05, 0.1) is 12.9 Å². The SMILES string of the molecule is CCCCCC(=O)O[C@H]1CC[C@@]2(C)C(=CC[C@@H]3[C@@H]2CC[C@]2(C)C(C(=O)Cn4ccnc4)=CC[C@@H]32)C1. The van der Waals surface area contributed by atoms with E-state index in [0.29, 0.717) is 30.7 Å². The highest BCUT2D eigenvalue weighted by atomic mass is 16.5. The first-order valence-corrected chi connectivity index (χ1v) is 13.9. The lowest BCUT2D eigenvalue weighted by molar-refractivity contribution is -0.151. The summed E-state index contributed by atoms with van der Waals surface area (Å²) in [6, 6.07) is 0. The Balaban J connectivity index is 1.26. The summed E-state index contributed by atoms with van der Waals surface area (Å²) in [6.07, 6.45) is 21.3. The number of allylic oxidation sites excluding steroid dienone is 3. The van der Waals surface area contributed by atoms with Gasteiger partial charge in [0.25, 0.3) is 0 Å². The van der Waals surface area contributed by atoms with Crippen LogP contribution in [0.25, 0.3) is 0 Å². The van der Waals surface area contributed by atoms with Gasteiger partial charge in [-0.25, -0.2) is 4.98 Å². The van der Waals surface area contributed by atoms with Crippen LogP contribution in [-0.2, 0) is 20.9 Å². The Morgan fingerprint density at radius 2 is 1.91 bits per heavy atom. The van der Waals surface area contributed by atoms with E-state index in [-0.39, 0.29) is 28.7 Å². The smallest absolute Gasteiger partial charge is 0.306 e. The molecule has 0 saturated heterocycles. The molecule has 4 aliphatic rings. The zero-order valence-electron chi connectivity index (χ0n) is 21.8. The zero-order valence-corrected chi connectivity index (χ0v) is 21.8. The standard InChI is InChI=1S/C30H42N2O3/c1-4-5-6-7-28(34)35-22-12-14-29(2)21(18-22)8-9-23-24-10-11-26(30(24,3)15-13-25(23)29)27(33)19-32-17-16-31-20-32/h8,11,16-17,20,22-25H,4-7,9-10,12-15,18-19H2,1-3H3/t22-,23-,24-,25-,29-,30-/m0/s1. The van der Waals surface area contributed by atoms with Crippen molar-refractivity contribution in [1.29, 1.82) is 0 Å². The number of carbonyl (C=O) groups is 2. The van der Waals surface area contributed by atoms with Crippen molar-refractivity contribution in [3.05, 3.63) is 42.0 Å². The van der Waals surface area contributed by atoms with Crippen LogP contribution in [0.1, 0.15) is 91.4 Å². The number of imidazole rings is 1. The highest BCUT2D eigenvalue weighted by Crippen LogP contribution is 2.65. The summed E-state index contributed by atoms with van der Waals surface area (Å²) < 4.78 is 7.79. The number of carbonyl (C=O) groups excluding carboxylic acids is 2. The van der Waals surface area contributed by atoms with E-state index >= 15 is 0 Å². The van der Waals surface area contributed by atoms with E-state index in [1.807, 2.05) is 10.8 Å². The van der Waals surface area contributed by atoms with Crippen molar-refractivity contribution in [3.63, 3.8) is 0 Å². The Bertz CT molecular complexity index is 1010. The number of nitrogens with zero attached hydrogens (tertiary/aromatic N) is 2. The molecular weight excluding hydrogens is 436 g/mol. The summed E-state index contributed by atoms with van der Waals surface area (Å²) in [5, 5.41) is 0. The number of rotatable bonds is 8. The molecule has 1 aromatic rings. The third-order valence-electron chi connectivity index (χ3n) is 10.1. The van der Waals surface area contributed by atoms with Crippen LogP contribution < -0.4 is 0 Å². The lowest BCUT2D eigenvalue weighted by Gasteiger charge is -2.57. The molecule has 6 atom stereocenters. The van der Waals surface area contributed by atoms with Gasteiger partial charge in [-0.1, -0.05) is 51.3 Å². The molecule has 5 heteroatoms. The van der Waals surface area contributed by atoms with E-state index in [2.05, 4.69) is 37.9 Å². The monoisotopic (exact) mass is 478 g/mol. The predicted octanol–water partition coefficient (Wildman–Crippen LogP) is 6.44. The van der Waals surface area contributed by atoms with Gasteiger partial charge in [-0.05, 0) is 79.1 Å². The van der Waals surface area contributed by atoms with Crippen molar-refractivity contribution in [2.24, 2.45) is 28.6 Å². The molecule has 0 spiro atoms. The second kappa shape index (κ2) is 9.71. The van der Waals surface area contributed by atoms with Crippen LogP contribution in [0.5, 0.6) is 0 Å². The highest BCUT2D eigenvalue weighted by Gasteiger charge is 2.57. The number of ketones is 1. The zero-order chi connectivity index (χ0) is 24.6. The van der Waals surface area contributed by atoms with Gasteiger partial charge in [-0.15, -0.1) is 0 Å². The van der Waals surface area contributed by atoms with Gasteiger partial charge in [-0.3, -0.25) is 9.59 Å². The minimum absolute atomic E-state index is 0.00818. The molecule has 2 saturated carbocycles. The lowest BCUT2D eigenvalue weighted by Crippen LogP contribution is -2.50. The van der Waals surface area contributed by atoms with Crippen molar-refractivity contribution in [2.45, 2.75) is 104 Å². The fraction of sp³-hybridized carbons (Fsp3) is 0.700. The van der Waals surface area contributed by atoms with E-state index in [1.54, 1.807) is 12.5 Å². The number of esters is 1. The van der Waals surface area contributed by atoms with Gasteiger partial charge in [0.2, 0.25) is 0 Å². The fourth-order valence-corrected chi connectivity index (χ4v) is 8.12. The maximum atomic E-state index is 13.3. The average molecular weight is 479 g/mol. The molecule has 0 N–H and O–H groups in total. The van der Waals surface area contributed by atoms with Gasteiger partial charge >= 0.3 is 5.97 Å². The van der Waals surface area contributed by atoms with E-state index < -0.39 is 0 Å². The first-order chi connectivity index (χ1) is 16.8. The summed E-state index contributed by atoms with van der Waals surface area (Å²) in [5.41, 5.74) is 2.79. The minimum Gasteiger partial charge on any atom is -0.462 e. The molecule has 1 heterocycles. The number of Topliss-reactive ketones (excluding diaryl/α,β-unsaturated/α-hetero) is 1. The summed E-state index contributed by atoms with van der Waals surface area (Å²) in [4.78, 5) is 29.7. The van der Waals surface area contributed by atoms with E-state index in [9.17, 15) is 9.59 Å². The molecule has 0 unspecified atom stereocenters. The Morgan fingerprint density at radius 1 is 1.09 bits per heavy atom. The number of hydrogen-bond donors (Lipinski definition) is 0. The van der Waals surface area contributed by atoms with Crippen molar-refractivity contribution in [3.8, 4) is 0 Å². The first-order valence-electron chi connectivity index (χ1n) is 13.9. The Morgan fingerprint density at radius 3 is 2.69 bits per heavy atom. The third-order valence-corrected chi connectivity index (χ3v) is 10.1. The second-order valence-electron chi connectivity index (χ2n) is 12.0. The normalized spacial score (nSPS) is 35.9.